The molecule has 3 nitrogen and oxygen atoms in total. The molecule has 1 aliphatic rings. The molecule has 1 aliphatic carbocycles. The van der Waals surface area contributed by atoms with Crippen LogP contribution in [0.4, 0.5) is 0 Å². The van der Waals surface area contributed by atoms with E-state index >= 15 is 0 Å². The van der Waals surface area contributed by atoms with Crippen molar-refractivity contribution in [2.75, 3.05) is 7.05 Å². The standard InChI is InChI=1S/C5H9NO2/c1-6-5(2-3-5)8-4-7/h4,6H,2-3H2,1H3. The third-order valence-corrected chi connectivity index (χ3v) is 1.43. The van der Waals surface area contributed by atoms with Gasteiger partial charge in [0.15, 0.2) is 5.72 Å². The van der Waals surface area contributed by atoms with E-state index in [4.69, 9.17) is 4.74 Å². The van der Waals surface area contributed by atoms with Crippen LogP contribution in [0.25, 0.3) is 0 Å². The molecule has 0 aromatic rings. The van der Waals surface area contributed by atoms with E-state index in [2.05, 4.69) is 5.32 Å². The molecule has 0 radical (unpaired) electrons. The van der Waals surface area contributed by atoms with Gasteiger partial charge < -0.3 is 4.74 Å². The van der Waals surface area contributed by atoms with Gasteiger partial charge in [0.05, 0.1) is 0 Å². The second kappa shape index (κ2) is 1.74. The Kier molecular flexibility index (Phi) is 1.21. The smallest absolute Gasteiger partial charge is 0.294 e. The third-order valence-electron chi connectivity index (χ3n) is 1.43. The Bertz CT molecular complexity index is 98.6. The van der Waals surface area contributed by atoms with Crippen LogP contribution in [-0.4, -0.2) is 19.2 Å². The number of rotatable bonds is 3. The number of hydrogen-bond acceptors (Lipinski definition) is 3. The van der Waals surface area contributed by atoms with Crippen LogP contribution < -0.4 is 5.32 Å². The van der Waals surface area contributed by atoms with Gasteiger partial charge in [-0.15, -0.1) is 0 Å². The lowest BCUT2D eigenvalue weighted by atomic mass is 10.6. The summed E-state index contributed by atoms with van der Waals surface area (Å²) in [5, 5.41) is 2.90. The van der Waals surface area contributed by atoms with Gasteiger partial charge in [0.25, 0.3) is 6.47 Å². The minimum atomic E-state index is -0.276. The Balaban J connectivity index is 2.29. The Labute approximate surface area is 48.0 Å². The average molecular weight is 115 g/mol. The molecule has 46 valence electrons. The first kappa shape index (κ1) is 5.56. The Morgan fingerprint density at radius 2 is 2.38 bits per heavy atom. The molecule has 1 fully saturated rings. The molecule has 1 N–H and O–H groups in total. The quantitative estimate of drug-likeness (QED) is 0.411. The summed E-state index contributed by atoms with van der Waals surface area (Å²) in [5.41, 5.74) is -0.276. The Morgan fingerprint density at radius 3 is 2.50 bits per heavy atom. The fourth-order valence-corrected chi connectivity index (χ4v) is 0.632. The summed E-state index contributed by atoms with van der Waals surface area (Å²) in [6.45, 7) is 0.490. The van der Waals surface area contributed by atoms with Gasteiger partial charge in [0, 0.05) is 12.8 Å². The van der Waals surface area contributed by atoms with E-state index in [9.17, 15) is 4.79 Å². The van der Waals surface area contributed by atoms with Crippen molar-refractivity contribution >= 4 is 6.47 Å². The van der Waals surface area contributed by atoms with E-state index in [0.29, 0.717) is 6.47 Å². The van der Waals surface area contributed by atoms with Crippen molar-refractivity contribution in [3.63, 3.8) is 0 Å². The number of carbonyl (C=O) groups is 1. The van der Waals surface area contributed by atoms with Crippen LogP contribution >= 0.6 is 0 Å². The van der Waals surface area contributed by atoms with Crippen molar-refractivity contribution in [1.29, 1.82) is 0 Å². The lowest BCUT2D eigenvalue weighted by Crippen LogP contribution is -2.29. The van der Waals surface area contributed by atoms with Crippen molar-refractivity contribution in [2.45, 2.75) is 18.6 Å². The van der Waals surface area contributed by atoms with Crippen molar-refractivity contribution in [1.82, 2.24) is 5.32 Å². The molecule has 0 atom stereocenters. The fraction of sp³-hybridized carbons (Fsp3) is 0.800. The topological polar surface area (TPSA) is 38.3 Å². The summed E-state index contributed by atoms with van der Waals surface area (Å²) in [7, 11) is 1.79. The van der Waals surface area contributed by atoms with Gasteiger partial charge in [-0.1, -0.05) is 0 Å². The maximum atomic E-state index is 9.76. The molecular formula is C5H9NO2. The van der Waals surface area contributed by atoms with Gasteiger partial charge in [0.2, 0.25) is 0 Å². The molecule has 1 saturated carbocycles. The van der Waals surface area contributed by atoms with Crippen molar-refractivity contribution in [3.05, 3.63) is 0 Å². The lowest BCUT2D eigenvalue weighted by molar-refractivity contribution is -0.136. The van der Waals surface area contributed by atoms with E-state index < -0.39 is 0 Å². The second-order valence-corrected chi connectivity index (χ2v) is 1.96. The van der Waals surface area contributed by atoms with E-state index in [1.54, 1.807) is 7.05 Å². The second-order valence-electron chi connectivity index (χ2n) is 1.96. The van der Waals surface area contributed by atoms with Crippen molar-refractivity contribution in [2.24, 2.45) is 0 Å². The number of ether oxygens (including phenoxy) is 1. The molecule has 0 heterocycles. The molecule has 3 heteroatoms. The molecule has 0 aromatic heterocycles. The van der Waals surface area contributed by atoms with E-state index in [1.165, 1.54) is 0 Å². The zero-order valence-corrected chi connectivity index (χ0v) is 4.81. The number of carbonyl (C=O) groups excluding carboxylic acids is 1. The fourth-order valence-electron chi connectivity index (χ4n) is 0.632. The summed E-state index contributed by atoms with van der Waals surface area (Å²) in [5.74, 6) is 0. The third kappa shape index (κ3) is 0.816. The minimum Gasteiger partial charge on any atom is -0.446 e. The van der Waals surface area contributed by atoms with Gasteiger partial charge >= 0.3 is 0 Å². The van der Waals surface area contributed by atoms with Crippen LogP contribution in [0.3, 0.4) is 0 Å². The summed E-state index contributed by atoms with van der Waals surface area (Å²) in [4.78, 5) is 9.76. The summed E-state index contributed by atoms with van der Waals surface area (Å²) in [6, 6.07) is 0. The van der Waals surface area contributed by atoms with Crippen LogP contribution in [0.1, 0.15) is 12.8 Å². The molecule has 0 amide bonds. The summed E-state index contributed by atoms with van der Waals surface area (Å²) in [6.07, 6.45) is 1.89. The van der Waals surface area contributed by atoms with Crippen molar-refractivity contribution < 1.29 is 9.53 Å². The highest BCUT2D eigenvalue weighted by molar-refractivity contribution is 5.39. The molecule has 0 aliphatic heterocycles. The van der Waals surface area contributed by atoms with Crippen LogP contribution in [0, 0.1) is 0 Å². The van der Waals surface area contributed by atoms with E-state index in [0.717, 1.165) is 12.8 Å². The van der Waals surface area contributed by atoms with E-state index in [-0.39, 0.29) is 5.72 Å². The first-order valence-corrected chi connectivity index (χ1v) is 2.63. The predicted molar refractivity (Wildman–Crippen MR) is 28.2 cm³/mol. The highest BCUT2D eigenvalue weighted by Crippen LogP contribution is 2.34. The first-order valence-electron chi connectivity index (χ1n) is 2.63. The average Bonchev–Trinajstić information content (AvgIpc) is 2.50. The molecular weight excluding hydrogens is 106 g/mol. The van der Waals surface area contributed by atoms with Gasteiger partial charge in [-0.05, 0) is 7.05 Å². The highest BCUT2D eigenvalue weighted by Gasteiger charge is 2.43. The molecule has 8 heavy (non-hydrogen) atoms. The summed E-state index contributed by atoms with van der Waals surface area (Å²) < 4.78 is 4.70. The molecule has 0 bridgehead atoms. The molecule has 0 saturated heterocycles. The normalized spacial score (nSPS) is 22.1. The predicted octanol–water partition coefficient (Wildman–Crippen LogP) is -0.131. The van der Waals surface area contributed by atoms with Crippen LogP contribution in [0.2, 0.25) is 0 Å². The maximum Gasteiger partial charge on any atom is 0.294 e. The number of nitrogens with one attached hydrogen (secondary N) is 1. The van der Waals surface area contributed by atoms with Crippen molar-refractivity contribution in [3.8, 4) is 0 Å². The Morgan fingerprint density at radius 1 is 1.75 bits per heavy atom. The monoisotopic (exact) mass is 115 g/mol. The lowest BCUT2D eigenvalue weighted by Gasteiger charge is -2.09. The largest absolute Gasteiger partial charge is 0.446 e. The van der Waals surface area contributed by atoms with Gasteiger partial charge in [-0.2, -0.15) is 0 Å². The van der Waals surface area contributed by atoms with Crippen LogP contribution in [0.5, 0.6) is 0 Å². The van der Waals surface area contributed by atoms with Gasteiger partial charge in [-0.25, -0.2) is 0 Å². The molecule has 1 rings (SSSR count). The maximum absolute atomic E-state index is 9.76. The highest BCUT2D eigenvalue weighted by atomic mass is 16.6. The van der Waals surface area contributed by atoms with Gasteiger partial charge in [-0.3, -0.25) is 10.1 Å². The zero-order chi connectivity index (χ0) is 6.04. The Hall–Kier alpha value is -0.570. The summed E-state index contributed by atoms with van der Waals surface area (Å²) >= 11 is 0. The van der Waals surface area contributed by atoms with Crippen LogP contribution in [-0.2, 0) is 9.53 Å². The van der Waals surface area contributed by atoms with Crippen LogP contribution in [0.15, 0.2) is 0 Å². The van der Waals surface area contributed by atoms with E-state index in [1.807, 2.05) is 0 Å². The molecule has 0 aromatic carbocycles. The minimum absolute atomic E-state index is 0.276. The van der Waals surface area contributed by atoms with Gasteiger partial charge in [0.1, 0.15) is 0 Å². The zero-order valence-electron chi connectivity index (χ0n) is 4.81. The SMILES string of the molecule is CNC1(OC=O)CC1. The molecule has 0 unspecified atom stereocenters. The first-order chi connectivity index (χ1) is 3.83. The molecule has 0 spiro atoms. The number of hydrogen-bond donors (Lipinski definition) is 1.